The number of benzene rings is 2. The third kappa shape index (κ3) is 5.91. The van der Waals surface area contributed by atoms with Crippen molar-refractivity contribution in [3.63, 3.8) is 0 Å². The minimum atomic E-state index is -4.42. The van der Waals surface area contributed by atoms with Crippen LogP contribution >= 0.6 is 11.3 Å². The van der Waals surface area contributed by atoms with E-state index in [1.54, 1.807) is 4.90 Å². The van der Waals surface area contributed by atoms with Crippen molar-refractivity contribution < 1.29 is 31.5 Å². The van der Waals surface area contributed by atoms with E-state index in [1.165, 1.54) is 23.5 Å². The molecule has 5 rings (SSSR count). The molecule has 0 N–H and O–H groups in total. The van der Waals surface area contributed by atoms with Gasteiger partial charge >= 0.3 is 6.18 Å². The van der Waals surface area contributed by atoms with Crippen molar-refractivity contribution in [2.24, 2.45) is 0 Å². The summed E-state index contributed by atoms with van der Waals surface area (Å²) >= 11 is 1.32. The van der Waals surface area contributed by atoms with Crippen LogP contribution in [-0.4, -0.2) is 67.8 Å². The summed E-state index contributed by atoms with van der Waals surface area (Å²) in [5, 5.41) is 9.46. The molecule has 3 aromatic rings. The zero-order valence-corrected chi connectivity index (χ0v) is 21.5. The highest BCUT2D eigenvalue weighted by Crippen LogP contribution is 2.35. The predicted octanol–water partition coefficient (Wildman–Crippen LogP) is 4.80. The molecule has 0 spiro atoms. The minimum absolute atomic E-state index is 0.0772. The van der Waals surface area contributed by atoms with E-state index in [4.69, 9.17) is 10.00 Å². The molecule has 13 heteroatoms. The van der Waals surface area contributed by atoms with Crippen LogP contribution in [0.4, 0.5) is 32.8 Å². The van der Waals surface area contributed by atoms with E-state index in [1.807, 2.05) is 9.80 Å². The summed E-state index contributed by atoms with van der Waals surface area (Å²) in [5.74, 6) is -1.93. The van der Waals surface area contributed by atoms with Gasteiger partial charge in [0.15, 0.2) is 5.13 Å². The summed E-state index contributed by atoms with van der Waals surface area (Å²) in [4.78, 5) is 22.6. The molecule has 3 heterocycles. The molecule has 0 radical (unpaired) electrons. The molecule has 2 aromatic carbocycles. The van der Waals surface area contributed by atoms with Crippen LogP contribution in [0.2, 0.25) is 0 Å². The van der Waals surface area contributed by atoms with Gasteiger partial charge in [-0.25, -0.2) is 13.8 Å². The topological polar surface area (TPSA) is 72.7 Å². The quantitative estimate of drug-likeness (QED) is 0.414. The minimum Gasteiger partial charge on any atom is -0.371 e. The van der Waals surface area contributed by atoms with E-state index in [9.17, 15) is 26.7 Å². The van der Waals surface area contributed by atoms with E-state index in [-0.39, 0.29) is 18.6 Å². The van der Waals surface area contributed by atoms with Crippen molar-refractivity contribution >= 4 is 38.3 Å². The first-order chi connectivity index (χ1) is 18.6. The average Bonchev–Trinajstić information content (AvgIpc) is 3.35. The second-order valence-electron chi connectivity index (χ2n) is 9.44. The molecule has 2 saturated heterocycles. The van der Waals surface area contributed by atoms with Gasteiger partial charge in [0.2, 0.25) is 5.91 Å². The zero-order valence-electron chi connectivity index (χ0n) is 20.7. The smallest absolute Gasteiger partial charge is 0.371 e. The van der Waals surface area contributed by atoms with Gasteiger partial charge in [-0.1, -0.05) is 11.3 Å². The van der Waals surface area contributed by atoms with Gasteiger partial charge in [0, 0.05) is 45.0 Å². The second kappa shape index (κ2) is 10.9. The van der Waals surface area contributed by atoms with Crippen molar-refractivity contribution in [3.8, 4) is 6.07 Å². The number of nitriles is 1. The van der Waals surface area contributed by atoms with Crippen molar-refractivity contribution in [2.75, 3.05) is 55.7 Å². The van der Waals surface area contributed by atoms with Gasteiger partial charge in [-0.05, 0) is 43.2 Å². The molecule has 2 aliphatic heterocycles. The number of piperidine rings is 1. The standard InChI is InChI=1S/C26H24F5N5O2S/c27-20-12-17(13-21(28)19(20)14-32)34-5-3-18(4-6-34)38-15-24(37)35-7-9-36(10-8-35)25-33-22-11-16(26(29,30)31)1-2-23(22)39-25/h1-2,11-13,18H,3-10,15H2. The Bertz CT molecular complexity index is 1380. The van der Waals surface area contributed by atoms with Crippen molar-refractivity contribution in [1.82, 2.24) is 9.88 Å². The first kappa shape index (κ1) is 27.1. The molecule has 0 atom stereocenters. The fraction of sp³-hybridized carbons (Fsp3) is 0.423. The molecule has 2 fully saturated rings. The van der Waals surface area contributed by atoms with E-state index < -0.39 is 28.9 Å². The number of carbonyl (C=O) groups excluding carboxylic acids is 1. The number of alkyl halides is 3. The lowest BCUT2D eigenvalue weighted by molar-refractivity contribution is -0.139. The SMILES string of the molecule is N#Cc1c(F)cc(N2CCC(OCC(=O)N3CCN(c4nc5cc(C(F)(F)F)ccc5s4)CC3)CC2)cc1F. The summed E-state index contributed by atoms with van der Waals surface area (Å²) in [6.07, 6.45) is -3.42. The highest BCUT2D eigenvalue weighted by atomic mass is 32.1. The van der Waals surface area contributed by atoms with E-state index in [2.05, 4.69) is 4.98 Å². The van der Waals surface area contributed by atoms with Gasteiger partial charge < -0.3 is 19.4 Å². The number of nitrogens with zero attached hydrogens (tertiary/aromatic N) is 5. The fourth-order valence-electron chi connectivity index (χ4n) is 4.78. The molecular weight excluding hydrogens is 541 g/mol. The Hall–Kier alpha value is -3.50. The molecular formula is C26H24F5N5O2S. The number of rotatable bonds is 5. The normalized spacial score (nSPS) is 17.1. The Morgan fingerprint density at radius 2 is 1.69 bits per heavy atom. The maximum absolute atomic E-state index is 14.0. The van der Waals surface area contributed by atoms with E-state index >= 15 is 0 Å². The molecule has 0 bridgehead atoms. The van der Waals surface area contributed by atoms with Gasteiger partial charge in [-0.3, -0.25) is 4.79 Å². The number of hydrogen-bond donors (Lipinski definition) is 0. The highest BCUT2D eigenvalue weighted by Gasteiger charge is 2.31. The van der Waals surface area contributed by atoms with Crippen molar-refractivity contribution in [1.29, 1.82) is 5.26 Å². The molecule has 1 aromatic heterocycles. The lowest BCUT2D eigenvalue weighted by Gasteiger charge is -2.36. The van der Waals surface area contributed by atoms with Crippen LogP contribution in [0.1, 0.15) is 24.0 Å². The molecule has 2 aliphatic rings. The summed E-state index contributed by atoms with van der Waals surface area (Å²) < 4.78 is 73.4. The Morgan fingerprint density at radius 3 is 2.31 bits per heavy atom. The number of anilines is 2. The third-order valence-corrected chi connectivity index (χ3v) is 8.09. The Labute approximate surface area is 225 Å². The first-order valence-corrected chi connectivity index (χ1v) is 13.2. The number of halogens is 5. The number of ether oxygens (including phenoxy) is 1. The highest BCUT2D eigenvalue weighted by molar-refractivity contribution is 7.22. The molecule has 7 nitrogen and oxygen atoms in total. The number of fused-ring (bicyclic) bond motifs is 1. The van der Waals surface area contributed by atoms with Crippen LogP contribution in [0.3, 0.4) is 0 Å². The molecule has 39 heavy (non-hydrogen) atoms. The number of amides is 1. The first-order valence-electron chi connectivity index (χ1n) is 12.4. The summed E-state index contributed by atoms with van der Waals surface area (Å²) in [6.45, 7) is 2.82. The molecule has 0 saturated carbocycles. The monoisotopic (exact) mass is 565 g/mol. The average molecular weight is 566 g/mol. The maximum atomic E-state index is 14.0. The third-order valence-electron chi connectivity index (χ3n) is 6.99. The van der Waals surface area contributed by atoms with Crippen molar-refractivity contribution in [3.05, 3.63) is 53.1 Å². The van der Waals surface area contributed by atoms with E-state index in [0.717, 1.165) is 24.3 Å². The number of piperazine rings is 1. The molecule has 1 amide bonds. The Morgan fingerprint density at radius 1 is 1.03 bits per heavy atom. The molecule has 0 aliphatic carbocycles. The number of carbonyl (C=O) groups is 1. The number of hydrogen-bond acceptors (Lipinski definition) is 7. The van der Waals surface area contributed by atoms with Crippen LogP contribution < -0.4 is 9.80 Å². The Kier molecular flexibility index (Phi) is 7.59. The summed E-state index contributed by atoms with van der Waals surface area (Å²) in [7, 11) is 0. The lowest BCUT2D eigenvalue weighted by atomic mass is 10.1. The number of thiazole rings is 1. The number of aromatic nitrogens is 1. The van der Waals surface area contributed by atoms with Crippen molar-refractivity contribution in [2.45, 2.75) is 25.1 Å². The van der Waals surface area contributed by atoms with Gasteiger partial charge in [-0.2, -0.15) is 18.4 Å². The molecule has 0 unspecified atom stereocenters. The summed E-state index contributed by atoms with van der Waals surface area (Å²) in [6, 6.07) is 7.36. The van der Waals surface area contributed by atoms with Gasteiger partial charge in [0.05, 0.1) is 21.9 Å². The maximum Gasteiger partial charge on any atom is 0.416 e. The molecule has 206 valence electrons. The van der Waals surface area contributed by atoms with Gasteiger partial charge in [-0.15, -0.1) is 0 Å². The summed E-state index contributed by atoms with van der Waals surface area (Å²) in [5.41, 5.74) is -0.663. The van der Waals surface area contributed by atoms with Crippen LogP contribution in [-0.2, 0) is 15.7 Å². The zero-order chi connectivity index (χ0) is 27.7. The second-order valence-corrected chi connectivity index (χ2v) is 10.4. The van der Waals surface area contributed by atoms with Gasteiger partial charge in [0.1, 0.15) is 29.9 Å². The van der Waals surface area contributed by atoms with Crippen LogP contribution in [0.5, 0.6) is 0 Å². The van der Waals surface area contributed by atoms with E-state index in [0.29, 0.717) is 73.1 Å². The van der Waals surface area contributed by atoms with Crippen LogP contribution in [0, 0.1) is 23.0 Å². The lowest BCUT2D eigenvalue weighted by Crippen LogP contribution is -2.50. The van der Waals surface area contributed by atoms with Crippen LogP contribution in [0.15, 0.2) is 30.3 Å². The van der Waals surface area contributed by atoms with Crippen LogP contribution in [0.25, 0.3) is 10.2 Å². The predicted molar refractivity (Wildman–Crippen MR) is 136 cm³/mol. The van der Waals surface area contributed by atoms with Gasteiger partial charge in [0.25, 0.3) is 0 Å². The fourth-order valence-corrected chi connectivity index (χ4v) is 5.78. The largest absolute Gasteiger partial charge is 0.416 e. The Balaban J connectivity index is 1.08.